The third-order valence-electron chi connectivity index (χ3n) is 4.03. The summed E-state index contributed by atoms with van der Waals surface area (Å²) in [5.74, 6) is 1.45. The van der Waals surface area contributed by atoms with Crippen LogP contribution >= 0.6 is 24.0 Å². The van der Waals surface area contributed by atoms with Gasteiger partial charge in [0.15, 0.2) is 0 Å². The number of furan rings is 1. The zero-order chi connectivity index (χ0) is 16.6. The molecule has 23 heavy (non-hydrogen) atoms. The Labute approximate surface area is 143 Å². The van der Waals surface area contributed by atoms with E-state index in [0.29, 0.717) is 39.8 Å². The quantitative estimate of drug-likeness (QED) is 0.578. The van der Waals surface area contributed by atoms with Crippen molar-refractivity contribution in [2.75, 3.05) is 6.54 Å². The molecule has 0 unspecified atom stereocenters. The van der Waals surface area contributed by atoms with E-state index < -0.39 is 5.97 Å². The molecule has 122 valence electrons. The van der Waals surface area contributed by atoms with Crippen molar-refractivity contribution >= 4 is 46.3 Å². The molecular weight excluding hydrogens is 334 g/mol. The third-order valence-corrected chi connectivity index (χ3v) is 5.41. The Bertz CT molecular complexity index is 694. The van der Waals surface area contributed by atoms with E-state index in [1.807, 2.05) is 12.1 Å². The molecule has 0 aromatic carbocycles. The van der Waals surface area contributed by atoms with Crippen LogP contribution < -0.4 is 5.11 Å². The van der Waals surface area contributed by atoms with E-state index in [-0.39, 0.29) is 12.3 Å². The average Bonchev–Trinajstić information content (AvgIpc) is 2.93. The monoisotopic (exact) mass is 350 g/mol. The first-order valence-corrected chi connectivity index (χ1v) is 8.73. The summed E-state index contributed by atoms with van der Waals surface area (Å²) in [7, 11) is 0. The minimum absolute atomic E-state index is 0.0861. The molecule has 0 spiro atoms. The van der Waals surface area contributed by atoms with Crippen LogP contribution in [0, 0.1) is 5.92 Å². The van der Waals surface area contributed by atoms with Gasteiger partial charge in [-0.3, -0.25) is 9.69 Å². The number of rotatable bonds is 6. The van der Waals surface area contributed by atoms with Crippen LogP contribution in [0.15, 0.2) is 21.5 Å². The van der Waals surface area contributed by atoms with E-state index in [0.717, 1.165) is 12.2 Å². The summed E-state index contributed by atoms with van der Waals surface area (Å²) in [4.78, 5) is 24.7. The topological polar surface area (TPSA) is 73.6 Å². The summed E-state index contributed by atoms with van der Waals surface area (Å²) in [5, 5.41) is 10.5. The van der Waals surface area contributed by atoms with Crippen LogP contribution in [-0.4, -0.2) is 27.6 Å². The second-order valence-corrected chi connectivity index (χ2v) is 7.54. The molecule has 2 aliphatic rings. The van der Waals surface area contributed by atoms with E-state index in [1.54, 1.807) is 6.08 Å². The van der Waals surface area contributed by atoms with Gasteiger partial charge >= 0.3 is 0 Å². The summed E-state index contributed by atoms with van der Waals surface area (Å²) in [6.07, 6.45) is 3.09. The number of carbonyl (C=O) groups excluding carboxylic acids is 2. The molecule has 2 heterocycles. The maximum absolute atomic E-state index is 12.3. The fourth-order valence-electron chi connectivity index (χ4n) is 2.57. The van der Waals surface area contributed by atoms with Crippen molar-refractivity contribution in [3.05, 3.63) is 28.6 Å². The molecular formula is C16H16NO4S2-. The molecule has 7 heteroatoms. The molecule has 2 fully saturated rings. The van der Waals surface area contributed by atoms with Gasteiger partial charge in [0.1, 0.15) is 15.8 Å². The lowest BCUT2D eigenvalue weighted by Gasteiger charge is -2.14. The Kier molecular flexibility index (Phi) is 4.59. The molecule has 1 aliphatic heterocycles. The molecule has 1 aromatic heterocycles. The number of carboxylic acid groups (broad SMARTS) is 1. The SMILES string of the molecule is C[C@H]1C[C@H]1c1ccc(/C=C2\SC(=S)N(CCCC(=O)[O-])C2=O)o1. The van der Waals surface area contributed by atoms with Crippen molar-refractivity contribution in [2.45, 2.75) is 32.1 Å². The molecule has 0 N–H and O–H groups in total. The lowest BCUT2D eigenvalue weighted by molar-refractivity contribution is -0.305. The summed E-state index contributed by atoms with van der Waals surface area (Å²) in [6.45, 7) is 2.48. The minimum Gasteiger partial charge on any atom is -0.550 e. The second kappa shape index (κ2) is 6.49. The van der Waals surface area contributed by atoms with Gasteiger partial charge in [0.25, 0.3) is 5.91 Å². The first-order chi connectivity index (χ1) is 11.0. The van der Waals surface area contributed by atoms with Gasteiger partial charge in [-0.25, -0.2) is 0 Å². The molecule has 1 saturated heterocycles. The average molecular weight is 350 g/mol. The first-order valence-electron chi connectivity index (χ1n) is 7.50. The maximum Gasteiger partial charge on any atom is 0.266 e. The van der Waals surface area contributed by atoms with Crippen LogP contribution in [0.2, 0.25) is 0 Å². The molecule has 3 rings (SSSR count). The normalized spacial score (nSPS) is 25.4. The van der Waals surface area contributed by atoms with Gasteiger partial charge in [-0.2, -0.15) is 0 Å². The molecule has 0 radical (unpaired) electrons. The van der Waals surface area contributed by atoms with E-state index >= 15 is 0 Å². The van der Waals surface area contributed by atoms with E-state index in [2.05, 4.69) is 6.92 Å². The van der Waals surface area contributed by atoms with E-state index in [1.165, 1.54) is 16.7 Å². The van der Waals surface area contributed by atoms with Crippen molar-refractivity contribution in [1.29, 1.82) is 0 Å². The van der Waals surface area contributed by atoms with Gasteiger partial charge < -0.3 is 14.3 Å². The maximum atomic E-state index is 12.3. The molecule has 1 aliphatic carbocycles. The smallest absolute Gasteiger partial charge is 0.266 e. The number of nitrogens with zero attached hydrogens (tertiary/aromatic N) is 1. The molecule has 0 bridgehead atoms. The summed E-state index contributed by atoms with van der Waals surface area (Å²) >= 11 is 6.41. The zero-order valence-electron chi connectivity index (χ0n) is 12.6. The summed E-state index contributed by atoms with van der Waals surface area (Å²) in [5.41, 5.74) is 0. The predicted octanol–water partition coefficient (Wildman–Crippen LogP) is 2.13. The van der Waals surface area contributed by atoms with Gasteiger partial charge in [-0.1, -0.05) is 30.9 Å². The summed E-state index contributed by atoms with van der Waals surface area (Å²) < 4.78 is 6.23. The number of aliphatic carboxylic acids is 1. The Morgan fingerprint density at radius 2 is 2.30 bits per heavy atom. The number of thiocarbonyl (C=S) groups is 1. The van der Waals surface area contributed by atoms with Gasteiger partial charge in [0.05, 0.1) is 4.91 Å². The first kappa shape index (κ1) is 16.3. The van der Waals surface area contributed by atoms with Crippen LogP contribution in [0.4, 0.5) is 0 Å². The van der Waals surface area contributed by atoms with Gasteiger partial charge in [-0.15, -0.1) is 0 Å². The van der Waals surface area contributed by atoms with E-state index in [9.17, 15) is 14.7 Å². The number of amides is 1. The Hall–Kier alpha value is -1.60. The molecule has 1 aromatic rings. The van der Waals surface area contributed by atoms with Crippen LogP contribution in [0.3, 0.4) is 0 Å². The largest absolute Gasteiger partial charge is 0.550 e. The van der Waals surface area contributed by atoms with Gasteiger partial charge in [0, 0.05) is 24.5 Å². The Morgan fingerprint density at radius 3 is 2.96 bits per heavy atom. The number of hydrogen-bond acceptors (Lipinski definition) is 6. The van der Waals surface area contributed by atoms with Crippen LogP contribution in [-0.2, 0) is 9.59 Å². The number of carboxylic acids is 1. The zero-order valence-corrected chi connectivity index (χ0v) is 14.2. The van der Waals surface area contributed by atoms with Crippen molar-refractivity contribution in [2.24, 2.45) is 5.92 Å². The Balaban J connectivity index is 1.66. The molecule has 1 amide bonds. The fourth-order valence-corrected chi connectivity index (χ4v) is 3.86. The highest BCUT2D eigenvalue weighted by atomic mass is 32.2. The van der Waals surface area contributed by atoms with Crippen molar-refractivity contribution in [3.63, 3.8) is 0 Å². The number of hydrogen-bond donors (Lipinski definition) is 0. The highest BCUT2D eigenvalue weighted by Gasteiger charge is 2.37. The number of thioether (sulfide) groups is 1. The van der Waals surface area contributed by atoms with Gasteiger partial charge in [-0.05, 0) is 37.3 Å². The second-order valence-electron chi connectivity index (χ2n) is 5.87. The van der Waals surface area contributed by atoms with Gasteiger partial charge in [0.2, 0.25) is 0 Å². The fraction of sp³-hybridized carbons (Fsp3) is 0.438. The van der Waals surface area contributed by atoms with Crippen LogP contribution in [0.25, 0.3) is 6.08 Å². The van der Waals surface area contributed by atoms with Crippen LogP contribution in [0.5, 0.6) is 0 Å². The van der Waals surface area contributed by atoms with Crippen molar-refractivity contribution in [1.82, 2.24) is 4.90 Å². The lowest BCUT2D eigenvalue weighted by atomic mass is 10.3. The molecule has 5 nitrogen and oxygen atoms in total. The standard InChI is InChI=1S/C16H17NO4S2/c1-9-7-11(9)12-5-4-10(21-12)8-13-15(20)17(16(22)23-13)6-2-3-14(18)19/h4-5,8-9,11H,2-3,6-7H2,1H3,(H,18,19)/p-1/b13-8-/t9-,11+/m0/s1. The minimum atomic E-state index is -1.12. The predicted molar refractivity (Wildman–Crippen MR) is 89.4 cm³/mol. The highest BCUT2D eigenvalue weighted by molar-refractivity contribution is 8.26. The third kappa shape index (κ3) is 3.67. The molecule has 2 atom stereocenters. The summed E-state index contributed by atoms with van der Waals surface area (Å²) in [6, 6.07) is 3.82. The lowest BCUT2D eigenvalue weighted by Crippen LogP contribution is -2.30. The van der Waals surface area contributed by atoms with Crippen molar-refractivity contribution < 1.29 is 19.1 Å². The Morgan fingerprint density at radius 1 is 1.57 bits per heavy atom. The van der Waals surface area contributed by atoms with Crippen molar-refractivity contribution in [3.8, 4) is 0 Å². The van der Waals surface area contributed by atoms with Crippen LogP contribution in [0.1, 0.15) is 43.6 Å². The number of carbonyl (C=O) groups is 2. The molecule has 1 saturated carbocycles. The highest BCUT2D eigenvalue weighted by Crippen LogP contribution is 2.47. The van der Waals surface area contributed by atoms with E-state index in [4.69, 9.17) is 16.6 Å².